The van der Waals surface area contributed by atoms with Crippen molar-refractivity contribution in [3.63, 3.8) is 0 Å². The van der Waals surface area contributed by atoms with Gasteiger partial charge in [-0.25, -0.2) is 4.39 Å². The summed E-state index contributed by atoms with van der Waals surface area (Å²) in [6, 6.07) is 1.90. The highest BCUT2D eigenvalue weighted by molar-refractivity contribution is 5.55. The molecule has 0 aliphatic heterocycles. The van der Waals surface area contributed by atoms with Gasteiger partial charge in [-0.05, 0) is 12.1 Å². The monoisotopic (exact) mass is 245 g/mol. The van der Waals surface area contributed by atoms with E-state index >= 15 is 0 Å². The van der Waals surface area contributed by atoms with Crippen molar-refractivity contribution < 1.29 is 17.6 Å². The van der Waals surface area contributed by atoms with Gasteiger partial charge in [0.15, 0.2) is 5.82 Å². The van der Waals surface area contributed by atoms with Crippen molar-refractivity contribution >= 4 is 0 Å². The Bertz CT molecular complexity index is 545. The van der Waals surface area contributed by atoms with E-state index in [1.165, 1.54) is 16.9 Å². The van der Waals surface area contributed by atoms with Crippen molar-refractivity contribution in [1.29, 1.82) is 0 Å². The number of hydrogen-bond acceptors (Lipinski definition) is 2. The van der Waals surface area contributed by atoms with Crippen molar-refractivity contribution in [1.82, 2.24) is 14.8 Å². The Balaban J connectivity index is 2.50. The van der Waals surface area contributed by atoms with Crippen LogP contribution in [0, 0.1) is 5.82 Å². The molecule has 0 N–H and O–H groups in total. The van der Waals surface area contributed by atoms with Crippen LogP contribution in [0.15, 0.2) is 24.5 Å². The quantitative estimate of drug-likeness (QED) is 0.723. The third kappa shape index (κ3) is 2.13. The van der Waals surface area contributed by atoms with E-state index in [1.807, 2.05) is 0 Å². The van der Waals surface area contributed by atoms with E-state index in [0.717, 1.165) is 0 Å². The first-order chi connectivity index (χ1) is 7.89. The summed E-state index contributed by atoms with van der Waals surface area (Å²) in [5.74, 6) is -1.02. The van der Waals surface area contributed by atoms with E-state index in [9.17, 15) is 17.6 Å². The molecule has 2 rings (SSSR count). The van der Waals surface area contributed by atoms with Crippen molar-refractivity contribution in [3.05, 3.63) is 35.9 Å². The topological polar surface area (TPSA) is 30.7 Å². The van der Waals surface area contributed by atoms with Crippen molar-refractivity contribution in [2.24, 2.45) is 7.05 Å². The van der Waals surface area contributed by atoms with Crippen LogP contribution in [-0.2, 0) is 13.2 Å². The fourth-order valence-corrected chi connectivity index (χ4v) is 1.39. The fraction of sp³-hybridized carbons (Fsp3) is 0.200. The summed E-state index contributed by atoms with van der Waals surface area (Å²) < 4.78 is 51.7. The molecule has 90 valence electrons. The Morgan fingerprint density at radius 3 is 2.47 bits per heavy atom. The van der Waals surface area contributed by atoms with Gasteiger partial charge in [-0.1, -0.05) is 0 Å². The Labute approximate surface area is 93.7 Å². The molecule has 0 aromatic carbocycles. The van der Waals surface area contributed by atoms with Crippen LogP contribution in [-0.4, -0.2) is 14.8 Å². The molecule has 0 spiro atoms. The van der Waals surface area contributed by atoms with Crippen molar-refractivity contribution in [2.75, 3.05) is 0 Å². The van der Waals surface area contributed by atoms with Crippen LogP contribution in [0.3, 0.4) is 0 Å². The predicted octanol–water partition coefficient (Wildman–Crippen LogP) is 2.64. The summed E-state index contributed by atoms with van der Waals surface area (Å²) in [6.07, 6.45) is -2.58. The van der Waals surface area contributed by atoms with Crippen LogP contribution < -0.4 is 0 Å². The highest BCUT2D eigenvalue weighted by Gasteiger charge is 2.32. The average molecular weight is 245 g/mol. The summed E-state index contributed by atoms with van der Waals surface area (Å²) in [5.41, 5.74) is -0.949. The van der Waals surface area contributed by atoms with Gasteiger partial charge in [0.1, 0.15) is 5.69 Å². The minimum atomic E-state index is -4.60. The van der Waals surface area contributed by atoms with Gasteiger partial charge >= 0.3 is 6.18 Å². The first kappa shape index (κ1) is 11.6. The maximum atomic E-state index is 13.5. The lowest BCUT2D eigenvalue weighted by Gasteiger charge is -2.08. The van der Waals surface area contributed by atoms with Gasteiger partial charge in [-0.3, -0.25) is 9.67 Å². The van der Waals surface area contributed by atoms with E-state index in [0.29, 0.717) is 18.0 Å². The zero-order chi connectivity index (χ0) is 12.6. The van der Waals surface area contributed by atoms with Gasteiger partial charge in [0, 0.05) is 19.4 Å². The molecule has 0 amide bonds. The van der Waals surface area contributed by atoms with Crippen molar-refractivity contribution in [2.45, 2.75) is 6.18 Å². The number of nitrogens with zero attached hydrogens (tertiary/aromatic N) is 3. The van der Waals surface area contributed by atoms with Gasteiger partial charge in [-0.15, -0.1) is 0 Å². The third-order valence-electron chi connectivity index (χ3n) is 2.23. The number of alkyl halides is 3. The van der Waals surface area contributed by atoms with E-state index in [4.69, 9.17) is 0 Å². The van der Waals surface area contributed by atoms with Gasteiger partial charge in [0.05, 0.1) is 11.3 Å². The molecule has 3 nitrogen and oxygen atoms in total. The smallest absolute Gasteiger partial charge is 0.266 e. The Hall–Kier alpha value is -1.92. The Morgan fingerprint density at radius 1 is 1.29 bits per heavy atom. The lowest BCUT2D eigenvalue weighted by molar-refractivity contribution is -0.138. The third-order valence-corrected chi connectivity index (χ3v) is 2.23. The fourth-order valence-electron chi connectivity index (χ4n) is 1.39. The SMILES string of the molecule is Cn1nccc1-c1ncc(C(F)(F)F)cc1F. The average Bonchev–Trinajstić information content (AvgIpc) is 2.63. The van der Waals surface area contributed by atoms with Crippen molar-refractivity contribution in [3.8, 4) is 11.4 Å². The number of pyridine rings is 1. The van der Waals surface area contributed by atoms with Gasteiger partial charge in [0.2, 0.25) is 0 Å². The molecule has 0 radical (unpaired) electrons. The molecule has 7 heteroatoms. The number of aryl methyl sites for hydroxylation is 1. The molecule has 0 bridgehead atoms. The molecule has 0 aliphatic carbocycles. The second-order valence-electron chi connectivity index (χ2n) is 3.39. The maximum absolute atomic E-state index is 13.5. The first-order valence-corrected chi connectivity index (χ1v) is 4.60. The first-order valence-electron chi connectivity index (χ1n) is 4.60. The molecular weight excluding hydrogens is 238 g/mol. The standard InChI is InChI=1S/C10H7F4N3/c1-17-8(2-3-16-17)9-7(11)4-6(5-15-9)10(12,13)14/h2-5H,1H3. The summed E-state index contributed by atoms with van der Waals surface area (Å²) in [6.45, 7) is 0. The van der Waals surface area contributed by atoms with Gasteiger partial charge < -0.3 is 0 Å². The summed E-state index contributed by atoms with van der Waals surface area (Å²) >= 11 is 0. The number of halogens is 4. The lowest BCUT2D eigenvalue weighted by atomic mass is 10.2. The molecule has 2 aromatic rings. The molecule has 0 unspecified atom stereocenters. The van der Waals surface area contributed by atoms with E-state index in [-0.39, 0.29) is 5.69 Å². The highest BCUT2D eigenvalue weighted by Crippen LogP contribution is 2.31. The van der Waals surface area contributed by atoms with Gasteiger partial charge in [0.25, 0.3) is 0 Å². The van der Waals surface area contributed by atoms with Crippen LogP contribution in [0.4, 0.5) is 17.6 Å². The molecular formula is C10H7F4N3. The number of rotatable bonds is 1. The van der Waals surface area contributed by atoms with Crippen LogP contribution in [0.25, 0.3) is 11.4 Å². The minimum Gasteiger partial charge on any atom is -0.266 e. The number of aromatic nitrogens is 3. The predicted molar refractivity (Wildman–Crippen MR) is 51.4 cm³/mol. The molecule has 0 aliphatic rings. The molecule has 17 heavy (non-hydrogen) atoms. The van der Waals surface area contributed by atoms with Crippen LogP contribution in [0.5, 0.6) is 0 Å². The molecule has 0 saturated heterocycles. The molecule has 0 atom stereocenters. The second-order valence-corrected chi connectivity index (χ2v) is 3.39. The van der Waals surface area contributed by atoms with Crippen LogP contribution in [0.1, 0.15) is 5.56 Å². The highest BCUT2D eigenvalue weighted by atomic mass is 19.4. The van der Waals surface area contributed by atoms with E-state index in [2.05, 4.69) is 10.1 Å². The molecule has 2 aromatic heterocycles. The molecule has 2 heterocycles. The Morgan fingerprint density at radius 2 is 2.00 bits per heavy atom. The normalized spacial score (nSPS) is 11.8. The summed E-state index contributed by atoms with van der Waals surface area (Å²) in [4.78, 5) is 3.49. The molecule has 0 fully saturated rings. The summed E-state index contributed by atoms with van der Waals surface area (Å²) in [7, 11) is 1.55. The number of hydrogen-bond donors (Lipinski definition) is 0. The Kier molecular flexibility index (Phi) is 2.60. The zero-order valence-corrected chi connectivity index (χ0v) is 8.66. The largest absolute Gasteiger partial charge is 0.417 e. The second kappa shape index (κ2) is 3.83. The molecule has 0 saturated carbocycles. The zero-order valence-electron chi connectivity index (χ0n) is 8.66. The van der Waals surface area contributed by atoms with E-state index < -0.39 is 17.6 Å². The maximum Gasteiger partial charge on any atom is 0.417 e. The minimum absolute atomic E-state index is 0.155. The van der Waals surface area contributed by atoms with Crippen LogP contribution >= 0.6 is 0 Å². The summed E-state index contributed by atoms with van der Waals surface area (Å²) in [5, 5.41) is 3.79. The van der Waals surface area contributed by atoms with E-state index in [1.54, 1.807) is 7.05 Å². The van der Waals surface area contributed by atoms with Crippen LogP contribution in [0.2, 0.25) is 0 Å². The van der Waals surface area contributed by atoms with Gasteiger partial charge in [-0.2, -0.15) is 18.3 Å². The lowest BCUT2D eigenvalue weighted by Crippen LogP contribution is -2.07.